The summed E-state index contributed by atoms with van der Waals surface area (Å²) in [5, 5.41) is 17.6. The van der Waals surface area contributed by atoms with Crippen molar-refractivity contribution in [3.05, 3.63) is 80.2 Å². The summed E-state index contributed by atoms with van der Waals surface area (Å²) in [4.78, 5) is 26.7. The summed E-state index contributed by atoms with van der Waals surface area (Å²) in [5.74, 6) is -1.34. The number of hydrogen-bond donors (Lipinski definition) is 3. The van der Waals surface area contributed by atoms with Crippen LogP contribution in [0.1, 0.15) is 39.3 Å². The monoisotopic (exact) mass is 400 g/mol. The molecule has 0 spiro atoms. The zero-order valence-corrected chi connectivity index (χ0v) is 16.3. The van der Waals surface area contributed by atoms with Gasteiger partial charge >= 0.3 is 11.8 Å². The van der Waals surface area contributed by atoms with Crippen molar-refractivity contribution in [2.75, 3.05) is 0 Å². The van der Waals surface area contributed by atoms with Gasteiger partial charge in [0.2, 0.25) is 0 Å². The molecule has 5 nitrogen and oxygen atoms in total. The van der Waals surface area contributed by atoms with Crippen LogP contribution < -0.4 is 10.6 Å². The molecule has 0 radical (unpaired) electrons. The van der Waals surface area contributed by atoms with Crippen LogP contribution in [-0.4, -0.2) is 16.9 Å². The van der Waals surface area contributed by atoms with Crippen LogP contribution in [0.2, 0.25) is 0 Å². The van der Waals surface area contributed by atoms with Gasteiger partial charge in [0.05, 0.1) is 12.6 Å². The van der Waals surface area contributed by atoms with Crippen LogP contribution >= 0.6 is 22.7 Å². The van der Waals surface area contributed by atoms with Crippen molar-refractivity contribution in [2.45, 2.75) is 25.6 Å². The maximum Gasteiger partial charge on any atom is 0.309 e. The number of carbonyl (C=O) groups excluding carboxylic acids is 2. The van der Waals surface area contributed by atoms with Crippen molar-refractivity contribution in [1.29, 1.82) is 0 Å². The van der Waals surface area contributed by atoms with Crippen molar-refractivity contribution >= 4 is 34.5 Å². The van der Waals surface area contributed by atoms with E-state index in [2.05, 4.69) is 10.6 Å². The second-order valence-corrected chi connectivity index (χ2v) is 8.19. The third-order valence-electron chi connectivity index (χ3n) is 4.04. The minimum absolute atomic E-state index is 0.244. The van der Waals surface area contributed by atoms with Crippen LogP contribution in [0.3, 0.4) is 0 Å². The number of hydrogen-bond acceptors (Lipinski definition) is 5. The largest absolute Gasteiger partial charge is 0.382 e. The van der Waals surface area contributed by atoms with Gasteiger partial charge in [-0.15, -0.1) is 22.7 Å². The maximum absolute atomic E-state index is 12.1. The molecule has 2 amide bonds. The van der Waals surface area contributed by atoms with Gasteiger partial charge in [-0.3, -0.25) is 9.59 Å². The molecule has 2 atom stereocenters. The van der Waals surface area contributed by atoms with E-state index in [1.54, 1.807) is 0 Å². The van der Waals surface area contributed by atoms with E-state index in [-0.39, 0.29) is 12.6 Å². The molecular weight excluding hydrogens is 380 g/mol. The summed E-state index contributed by atoms with van der Waals surface area (Å²) in [5.41, 5.74) is 0.934. The number of nitrogens with one attached hydrogen (secondary N) is 2. The van der Waals surface area contributed by atoms with Crippen LogP contribution in [0.15, 0.2) is 60.0 Å². The molecule has 0 aliphatic carbocycles. The van der Waals surface area contributed by atoms with Crippen LogP contribution in [0.25, 0.3) is 0 Å². The maximum atomic E-state index is 12.1. The van der Waals surface area contributed by atoms with Gasteiger partial charge in [-0.2, -0.15) is 0 Å². The molecule has 3 rings (SSSR count). The summed E-state index contributed by atoms with van der Waals surface area (Å²) in [6.07, 6.45) is -0.658. The van der Waals surface area contributed by atoms with Crippen LogP contribution in [0.5, 0.6) is 0 Å². The molecule has 3 aromatic rings. The van der Waals surface area contributed by atoms with E-state index >= 15 is 0 Å². The Hall–Kier alpha value is -2.48. The van der Waals surface area contributed by atoms with Crippen molar-refractivity contribution in [1.82, 2.24) is 10.6 Å². The minimum Gasteiger partial charge on any atom is -0.382 e. The Labute approximate surface area is 165 Å². The average Bonchev–Trinajstić information content (AvgIpc) is 3.38. The fourth-order valence-corrected chi connectivity index (χ4v) is 4.32. The molecule has 1 aromatic carbocycles. The molecule has 7 heteroatoms. The Morgan fingerprint density at radius 3 is 2.48 bits per heavy atom. The topological polar surface area (TPSA) is 78.4 Å². The Kier molecular flexibility index (Phi) is 6.39. The zero-order valence-electron chi connectivity index (χ0n) is 14.7. The fourth-order valence-electron chi connectivity index (χ4n) is 2.56. The number of aliphatic hydroxyl groups excluding tert-OH is 1. The lowest BCUT2D eigenvalue weighted by molar-refractivity contribution is -0.139. The molecule has 2 heterocycles. The smallest absolute Gasteiger partial charge is 0.309 e. The van der Waals surface area contributed by atoms with E-state index in [9.17, 15) is 14.7 Å². The lowest BCUT2D eigenvalue weighted by atomic mass is 10.1. The second kappa shape index (κ2) is 8.94. The highest BCUT2D eigenvalue weighted by Gasteiger charge is 2.18. The fraction of sp³-hybridized carbons (Fsp3) is 0.200. The van der Waals surface area contributed by atoms with Gasteiger partial charge in [0, 0.05) is 14.6 Å². The summed E-state index contributed by atoms with van der Waals surface area (Å²) in [6.45, 7) is 2.08. The summed E-state index contributed by atoms with van der Waals surface area (Å²) in [6, 6.07) is 16.7. The van der Waals surface area contributed by atoms with Crippen molar-refractivity contribution in [2.24, 2.45) is 0 Å². The molecule has 0 fully saturated rings. The van der Waals surface area contributed by atoms with E-state index < -0.39 is 17.9 Å². The summed E-state index contributed by atoms with van der Waals surface area (Å²) >= 11 is 2.91. The van der Waals surface area contributed by atoms with Crippen LogP contribution in [-0.2, 0) is 16.1 Å². The van der Waals surface area contributed by atoms with Gasteiger partial charge in [0.15, 0.2) is 0 Å². The number of aliphatic hydroxyl groups is 1. The van der Waals surface area contributed by atoms with Gasteiger partial charge in [0.25, 0.3) is 0 Å². The van der Waals surface area contributed by atoms with E-state index in [0.717, 1.165) is 20.2 Å². The van der Waals surface area contributed by atoms with Crippen LogP contribution in [0.4, 0.5) is 0 Å². The SMILES string of the molecule is C[C@H](NC(=O)C(=O)NCc1ccc([C@@H](O)c2cccs2)s1)c1ccccc1. The predicted molar refractivity (Wildman–Crippen MR) is 108 cm³/mol. The van der Waals surface area contributed by atoms with E-state index in [1.165, 1.54) is 22.7 Å². The quantitative estimate of drug-likeness (QED) is 0.555. The van der Waals surface area contributed by atoms with Crippen molar-refractivity contribution < 1.29 is 14.7 Å². The molecule has 0 saturated heterocycles. The highest BCUT2D eigenvalue weighted by atomic mass is 32.1. The summed E-state index contributed by atoms with van der Waals surface area (Å²) < 4.78 is 0. The number of thiophene rings is 2. The van der Waals surface area contributed by atoms with E-state index in [4.69, 9.17) is 0 Å². The van der Waals surface area contributed by atoms with Crippen molar-refractivity contribution in [3.63, 3.8) is 0 Å². The van der Waals surface area contributed by atoms with Crippen LogP contribution in [0, 0.1) is 0 Å². The zero-order chi connectivity index (χ0) is 19.2. The molecule has 0 aliphatic rings. The number of benzene rings is 1. The van der Waals surface area contributed by atoms with Crippen molar-refractivity contribution in [3.8, 4) is 0 Å². The Morgan fingerprint density at radius 1 is 1.00 bits per heavy atom. The van der Waals surface area contributed by atoms with Gasteiger partial charge in [-0.25, -0.2) is 0 Å². The first-order valence-corrected chi connectivity index (χ1v) is 10.2. The van der Waals surface area contributed by atoms with E-state index in [1.807, 2.05) is 66.9 Å². The molecule has 27 heavy (non-hydrogen) atoms. The first-order chi connectivity index (χ1) is 13.0. The molecule has 140 valence electrons. The average molecular weight is 401 g/mol. The second-order valence-electron chi connectivity index (χ2n) is 6.01. The molecule has 3 N–H and O–H groups in total. The van der Waals surface area contributed by atoms with Gasteiger partial charge in [-0.1, -0.05) is 36.4 Å². The Bertz CT molecular complexity index is 891. The molecule has 0 saturated carbocycles. The molecule has 0 aliphatic heterocycles. The normalized spacial score (nSPS) is 13.0. The Balaban J connectivity index is 1.51. The first-order valence-electron chi connectivity index (χ1n) is 8.48. The third kappa shape index (κ3) is 5.03. The summed E-state index contributed by atoms with van der Waals surface area (Å²) in [7, 11) is 0. The lowest BCUT2D eigenvalue weighted by Gasteiger charge is -2.13. The standard InChI is InChI=1S/C20H20N2O3S2/c1-13(14-6-3-2-4-7-14)22-20(25)19(24)21-12-15-9-10-17(27-15)18(23)16-8-5-11-26-16/h2-11,13,18,23H,12H2,1H3,(H,21,24)(H,22,25)/t13-,18-/m0/s1. The van der Waals surface area contributed by atoms with Gasteiger partial charge in [0.1, 0.15) is 6.10 Å². The van der Waals surface area contributed by atoms with Gasteiger partial charge < -0.3 is 15.7 Å². The highest BCUT2D eigenvalue weighted by Crippen LogP contribution is 2.30. The predicted octanol–water partition coefficient (Wildman–Crippen LogP) is 3.38. The van der Waals surface area contributed by atoms with Gasteiger partial charge in [-0.05, 0) is 36.1 Å². The third-order valence-corrected chi connectivity index (χ3v) is 6.10. The Morgan fingerprint density at radius 2 is 1.78 bits per heavy atom. The lowest BCUT2D eigenvalue weighted by Crippen LogP contribution is -2.40. The minimum atomic E-state index is -0.675. The first kappa shape index (κ1) is 19.3. The number of amides is 2. The highest BCUT2D eigenvalue weighted by molar-refractivity contribution is 7.12. The van der Waals surface area contributed by atoms with E-state index in [0.29, 0.717) is 0 Å². The molecular formula is C20H20N2O3S2. The molecule has 2 aromatic heterocycles. The molecule has 0 unspecified atom stereocenters. The number of carbonyl (C=O) groups is 2. The molecule has 0 bridgehead atoms. The number of rotatable bonds is 6.